The lowest BCUT2D eigenvalue weighted by atomic mass is 9.96. The van der Waals surface area contributed by atoms with Gasteiger partial charge in [0, 0.05) is 25.2 Å². The predicted molar refractivity (Wildman–Crippen MR) is 87.0 cm³/mol. The van der Waals surface area contributed by atoms with Gasteiger partial charge in [0.2, 0.25) is 0 Å². The van der Waals surface area contributed by atoms with Crippen molar-refractivity contribution in [3.05, 3.63) is 59.9 Å². The zero-order chi connectivity index (χ0) is 15.9. The fourth-order valence-electron chi connectivity index (χ4n) is 2.53. The molecule has 116 valence electrons. The molecule has 4 heteroatoms. The van der Waals surface area contributed by atoms with Crippen LogP contribution >= 0.6 is 0 Å². The van der Waals surface area contributed by atoms with Crippen molar-refractivity contribution < 1.29 is 9.90 Å². The Kier molecular flexibility index (Phi) is 5.53. The van der Waals surface area contributed by atoms with Crippen LogP contribution in [-0.4, -0.2) is 34.0 Å². The van der Waals surface area contributed by atoms with Crippen molar-refractivity contribution in [2.24, 2.45) is 0 Å². The van der Waals surface area contributed by atoms with Crippen LogP contribution in [0.3, 0.4) is 0 Å². The van der Waals surface area contributed by atoms with Gasteiger partial charge in [-0.3, -0.25) is 4.79 Å². The zero-order valence-corrected chi connectivity index (χ0v) is 13.1. The van der Waals surface area contributed by atoms with E-state index in [-0.39, 0.29) is 23.3 Å². The normalized spacial score (nSPS) is 11.9. The number of aromatic nitrogens is 1. The Morgan fingerprint density at radius 3 is 2.50 bits per heavy atom. The van der Waals surface area contributed by atoms with E-state index in [4.69, 9.17) is 0 Å². The summed E-state index contributed by atoms with van der Waals surface area (Å²) in [5.74, 6) is -0.0235. The second-order valence-electron chi connectivity index (χ2n) is 5.23. The van der Waals surface area contributed by atoms with Gasteiger partial charge in [0.1, 0.15) is 5.75 Å². The Bertz CT molecular complexity index is 613. The lowest BCUT2D eigenvalue weighted by Crippen LogP contribution is -2.35. The van der Waals surface area contributed by atoms with E-state index in [0.29, 0.717) is 13.1 Å². The highest BCUT2D eigenvalue weighted by molar-refractivity contribution is 5.94. The minimum atomic E-state index is -0.227. The lowest BCUT2D eigenvalue weighted by molar-refractivity contribution is 0.0744. The van der Waals surface area contributed by atoms with Crippen LogP contribution in [0.4, 0.5) is 0 Å². The number of carbonyl (C=O) groups excluding carboxylic acids is 1. The zero-order valence-electron chi connectivity index (χ0n) is 13.1. The molecule has 0 radical (unpaired) electrons. The predicted octanol–water partition coefficient (Wildman–Crippen LogP) is 3.44. The molecule has 1 unspecified atom stereocenters. The number of rotatable bonds is 6. The maximum Gasteiger partial charge on any atom is 0.276 e. The van der Waals surface area contributed by atoms with Crippen molar-refractivity contribution in [3.63, 3.8) is 0 Å². The highest BCUT2D eigenvalue weighted by atomic mass is 16.3. The van der Waals surface area contributed by atoms with Gasteiger partial charge in [-0.25, -0.2) is 4.98 Å². The summed E-state index contributed by atoms with van der Waals surface area (Å²) in [4.78, 5) is 18.3. The van der Waals surface area contributed by atoms with Crippen LogP contribution in [-0.2, 0) is 0 Å². The monoisotopic (exact) mass is 298 g/mol. The minimum Gasteiger partial charge on any atom is -0.505 e. The van der Waals surface area contributed by atoms with E-state index >= 15 is 0 Å². The molecule has 0 saturated carbocycles. The molecule has 1 N–H and O–H groups in total. The standard InChI is InChI=1S/C18H22N2O2/c1-3-14(15-9-6-5-7-10-15)13-20(4-2)18(22)17-16(21)11-8-12-19-17/h5-12,14,21H,3-4,13H2,1-2H3. The van der Waals surface area contributed by atoms with Gasteiger partial charge in [-0.1, -0.05) is 37.3 Å². The number of amides is 1. The second-order valence-corrected chi connectivity index (χ2v) is 5.23. The quantitative estimate of drug-likeness (QED) is 0.888. The summed E-state index contributed by atoms with van der Waals surface area (Å²) in [6.45, 7) is 5.26. The number of nitrogens with zero attached hydrogens (tertiary/aromatic N) is 2. The first-order valence-electron chi connectivity index (χ1n) is 7.65. The molecule has 1 aromatic heterocycles. The molecule has 0 aliphatic carbocycles. The summed E-state index contributed by atoms with van der Waals surface area (Å²) < 4.78 is 0. The van der Waals surface area contributed by atoms with E-state index in [2.05, 4.69) is 24.0 Å². The Hall–Kier alpha value is -2.36. The number of aromatic hydroxyl groups is 1. The number of pyridine rings is 1. The topological polar surface area (TPSA) is 53.4 Å². The molecule has 4 nitrogen and oxygen atoms in total. The van der Waals surface area contributed by atoms with Gasteiger partial charge < -0.3 is 10.0 Å². The van der Waals surface area contributed by atoms with Gasteiger partial charge in [0.15, 0.2) is 5.69 Å². The van der Waals surface area contributed by atoms with Gasteiger partial charge in [-0.15, -0.1) is 0 Å². The average Bonchev–Trinajstić information content (AvgIpc) is 2.57. The molecule has 0 saturated heterocycles. The average molecular weight is 298 g/mol. The summed E-state index contributed by atoms with van der Waals surface area (Å²) >= 11 is 0. The van der Waals surface area contributed by atoms with E-state index in [9.17, 15) is 9.90 Å². The van der Waals surface area contributed by atoms with Gasteiger partial charge in [0.05, 0.1) is 0 Å². The maximum atomic E-state index is 12.6. The molecule has 0 bridgehead atoms. The summed E-state index contributed by atoms with van der Waals surface area (Å²) in [7, 11) is 0. The molecule has 2 rings (SSSR count). The van der Waals surface area contributed by atoms with E-state index in [1.54, 1.807) is 11.0 Å². The summed E-state index contributed by atoms with van der Waals surface area (Å²) in [6, 6.07) is 13.3. The molecule has 0 aliphatic heterocycles. The molecule has 22 heavy (non-hydrogen) atoms. The van der Waals surface area contributed by atoms with Crippen molar-refractivity contribution in [1.29, 1.82) is 0 Å². The van der Waals surface area contributed by atoms with E-state index in [1.165, 1.54) is 17.8 Å². The van der Waals surface area contributed by atoms with E-state index < -0.39 is 0 Å². The first-order valence-corrected chi connectivity index (χ1v) is 7.65. The molecule has 0 fully saturated rings. The third-order valence-corrected chi connectivity index (χ3v) is 3.86. The molecule has 1 aromatic carbocycles. The number of hydrogen-bond donors (Lipinski definition) is 1. The van der Waals surface area contributed by atoms with Crippen LogP contribution in [0.25, 0.3) is 0 Å². The largest absolute Gasteiger partial charge is 0.505 e. The highest BCUT2D eigenvalue weighted by Gasteiger charge is 2.22. The van der Waals surface area contributed by atoms with Crippen molar-refractivity contribution in [2.45, 2.75) is 26.2 Å². The summed E-state index contributed by atoms with van der Waals surface area (Å²) in [5.41, 5.74) is 1.34. The number of likely N-dealkylation sites (N-methyl/N-ethyl adjacent to an activating group) is 1. The van der Waals surface area contributed by atoms with E-state index in [1.807, 2.05) is 25.1 Å². The van der Waals surface area contributed by atoms with E-state index in [0.717, 1.165) is 6.42 Å². The van der Waals surface area contributed by atoms with Gasteiger partial charge in [-0.2, -0.15) is 0 Å². The molecule has 2 aromatic rings. The smallest absolute Gasteiger partial charge is 0.276 e. The van der Waals surface area contributed by atoms with Crippen LogP contribution in [0.15, 0.2) is 48.7 Å². The Morgan fingerprint density at radius 2 is 1.91 bits per heavy atom. The van der Waals surface area contributed by atoms with Gasteiger partial charge in [0.25, 0.3) is 5.91 Å². The Labute approximate surface area is 131 Å². The lowest BCUT2D eigenvalue weighted by Gasteiger charge is -2.26. The fourth-order valence-corrected chi connectivity index (χ4v) is 2.53. The minimum absolute atomic E-state index is 0.0706. The molecule has 1 atom stereocenters. The highest BCUT2D eigenvalue weighted by Crippen LogP contribution is 2.22. The maximum absolute atomic E-state index is 12.6. The van der Waals surface area contributed by atoms with Crippen molar-refractivity contribution >= 4 is 5.91 Å². The number of carbonyl (C=O) groups is 1. The van der Waals surface area contributed by atoms with Crippen molar-refractivity contribution in [1.82, 2.24) is 9.88 Å². The van der Waals surface area contributed by atoms with Gasteiger partial charge >= 0.3 is 0 Å². The molecule has 1 amide bonds. The second kappa shape index (κ2) is 7.59. The van der Waals surface area contributed by atoms with Gasteiger partial charge in [-0.05, 0) is 31.0 Å². The SMILES string of the molecule is CCC(CN(CC)C(=O)c1ncccc1O)c1ccccc1. The number of hydrogen-bond acceptors (Lipinski definition) is 3. The first-order chi connectivity index (χ1) is 10.7. The van der Waals surface area contributed by atoms with Crippen molar-refractivity contribution in [2.75, 3.05) is 13.1 Å². The van der Waals surface area contributed by atoms with Crippen LogP contribution in [0.1, 0.15) is 42.2 Å². The van der Waals surface area contributed by atoms with Crippen LogP contribution in [0.2, 0.25) is 0 Å². The summed E-state index contributed by atoms with van der Waals surface area (Å²) in [5, 5.41) is 9.82. The molecular formula is C18H22N2O2. The van der Waals surface area contributed by atoms with Crippen LogP contribution < -0.4 is 0 Å². The fraction of sp³-hybridized carbons (Fsp3) is 0.333. The number of benzene rings is 1. The Morgan fingerprint density at radius 1 is 1.18 bits per heavy atom. The van der Waals surface area contributed by atoms with Crippen molar-refractivity contribution in [3.8, 4) is 5.75 Å². The summed E-state index contributed by atoms with van der Waals surface area (Å²) in [6.07, 6.45) is 2.47. The van der Waals surface area contributed by atoms with Crippen LogP contribution in [0.5, 0.6) is 5.75 Å². The Balaban J connectivity index is 2.18. The van der Waals surface area contributed by atoms with Crippen LogP contribution in [0, 0.1) is 0 Å². The molecule has 0 aliphatic rings. The molecule has 0 spiro atoms. The first kappa shape index (κ1) is 16.0. The third kappa shape index (κ3) is 3.64. The molecular weight excluding hydrogens is 276 g/mol. The molecule has 1 heterocycles. The third-order valence-electron chi connectivity index (χ3n) is 3.86.